The molecule has 0 aromatic heterocycles. The second-order valence-corrected chi connectivity index (χ2v) is 5.29. The van der Waals surface area contributed by atoms with E-state index in [4.69, 9.17) is 5.11 Å². The van der Waals surface area contributed by atoms with Crippen molar-refractivity contribution in [2.45, 2.75) is 18.9 Å². The summed E-state index contributed by atoms with van der Waals surface area (Å²) in [5.74, 6) is 0.362. The smallest absolute Gasteiger partial charge is 0.269 e. The van der Waals surface area contributed by atoms with E-state index in [1.54, 1.807) is 12.1 Å². The average Bonchev–Trinajstić information content (AvgIpc) is 2.48. The van der Waals surface area contributed by atoms with E-state index in [0.717, 1.165) is 25.9 Å². The van der Waals surface area contributed by atoms with Gasteiger partial charge in [0.2, 0.25) is 0 Å². The van der Waals surface area contributed by atoms with Crippen molar-refractivity contribution in [2.24, 2.45) is 5.92 Å². The topological polar surface area (TPSA) is 86.8 Å². The average molecular weight is 280 g/mol. The van der Waals surface area contributed by atoms with Gasteiger partial charge in [-0.3, -0.25) is 10.1 Å². The highest BCUT2D eigenvalue weighted by atomic mass is 16.6. The lowest BCUT2D eigenvalue weighted by Crippen LogP contribution is -2.37. The first-order valence-corrected chi connectivity index (χ1v) is 6.85. The van der Waals surface area contributed by atoms with Gasteiger partial charge < -0.3 is 15.1 Å². The molecule has 2 N–H and O–H groups in total. The van der Waals surface area contributed by atoms with Gasteiger partial charge in [-0.1, -0.05) is 12.1 Å². The molecule has 1 saturated heterocycles. The maximum Gasteiger partial charge on any atom is 0.269 e. The Kier molecular flexibility index (Phi) is 5.05. The normalized spacial score (nSPS) is 18.9. The Morgan fingerprint density at radius 1 is 1.40 bits per heavy atom. The van der Waals surface area contributed by atoms with E-state index in [2.05, 4.69) is 4.90 Å². The SMILES string of the molecule is O=[N+]([O-])c1cccc(C(O)CN2CCC(CO)CC2)c1. The standard InChI is InChI=1S/C14H20N2O4/c17-10-11-4-6-15(7-5-11)9-14(18)12-2-1-3-13(8-12)16(19)20/h1-3,8,11,14,17-18H,4-7,9-10H2. The Hall–Kier alpha value is -1.50. The zero-order valence-electron chi connectivity index (χ0n) is 11.3. The van der Waals surface area contributed by atoms with Crippen LogP contribution in [0.1, 0.15) is 24.5 Å². The fourth-order valence-corrected chi connectivity index (χ4v) is 2.55. The van der Waals surface area contributed by atoms with Crippen molar-refractivity contribution in [2.75, 3.05) is 26.2 Å². The van der Waals surface area contributed by atoms with Crippen LogP contribution in [0.15, 0.2) is 24.3 Å². The molecule has 1 atom stereocenters. The van der Waals surface area contributed by atoms with Crippen LogP contribution in [0.3, 0.4) is 0 Å². The van der Waals surface area contributed by atoms with Gasteiger partial charge in [0, 0.05) is 25.3 Å². The Morgan fingerprint density at radius 3 is 2.70 bits per heavy atom. The lowest BCUT2D eigenvalue weighted by Gasteiger charge is -2.32. The molecule has 20 heavy (non-hydrogen) atoms. The molecule has 0 spiro atoms. The first-order valence-electron chi connectivity index (χ1n) is 6.85. The molecule has 6 heteroatoms. The van der Waals surface area contributed by atoms with E-state index < -0.39 is 11.0 Å². The Labute approximate surface area is 117 Å². The van der Waals surface area contributed by atoms with Gasteiger partial charge in [-0.15, -0.1) is 0 Å². The number of likely N-dealkylation sites (tertiary alicyclic amines) is 1. The lowest BCUT2D eigenvalue weighted by atomic mass is 9.97. The van der Waals surface area contributed by atoms with Crippen LogP contribution in [0, 0.1) is 16.0 Å². The Bertz CT molecular complexity index is 458. The van der Waals surface area contributed by atoms with Gasteiger partial charge in [0.1, 0.15) is 0 Å². The number of nitro groups is 1. The van der Waals surface area contributed by atoms with Crippen molar-refractivity contribution in [1.29, 1.82) is 0 Å². The minimum atomic E-state index is -0.722. The number of β-amino-alcohol motifs (C(OH)–C–C–N with tert-alkyl or cyclic N) is 1. The highest BCUT2D eigenvalue weighted by molar-refractivity contribution is 5.35. The molecule has 0 aliphatic carbocycles. The number of rotatable bonds is 5. The molecule has 1 unspecified atom stereocenters. The summed E-state index contributed by atoms with van der Waals surface area (Å²) in [6, 6.07) is 6.14. The van der Waals surface area contributed by atoms with E-state index in [9.17, 15) is 15.2 Å². The fraction of sp³-hybridized carbons (Fsp3) is 0.571. The summed E-state index contributed by atoms with van der Waals surface area (Å²) >= 11 is 0. The van der Waals surface area contributed by atoms with Crippen LogP contribution in [-0.2, 0) is 0 Å². The molecule has 0 bridgehead atoms. The lowest BCUT2D eigenvalue weighted by molar-refractivity contribution is -0.385. The molecular formula is C14H20N2O4. The third-order valence-electron chi connectivity index (χ3n) is 3.86. The van der Waals surface area contributed by atoms with Gasteiger partial charge in [-0.05, 0) is 37.4 Å². The molecule has 1 aliphatic heterocycles. The minimum Gasteiger partial charge on any atom is -0.396 e. The first kappa shape index (κ1) is 14.9. The van der Waals surface area contributed by atoms with Gasteiger partial charge >= 0.3 is 0 Å². The van der Waals surface area contributed by atoms with Crippen LogP contribution < -0.4 is 0 Å². The second-order valence-electron chi connectivity index (χ2n) is 5.29. The molecule has 6 nitrogen and oxygen atoms in total. The van der Waals surface area contributed by atoms with Crippen molar-refractivity contribution in [1.82, 2.24) is 4.90 Å². The van der Waals surface area contributed by atoms with E-state index in [1.165, 1.54) is 12.1 Å². The summed E-state index contributed by atoms with van der Waals surface area (Å²) < 4.78 is 0. The zero-order valence-corrected chi connectivity index (χ0v) is 11.3. The fourth-order valence-electron chi connectivity index (χ4n) is 2.55. The number of non-ortho nitro benzene ring substituents is 1. The molecular weight excluding hydrogens is 260 g/mol. The summed E-state index contributed by atoms with van der Waals surface area (Å²) in [6.45, 7) is 2.38. The van der Waals surface area contributed by atoms with Crippen LogP contribution >= 0.6 is 0 Å². The molecule has 0 amide bonds. The van der Waals surface area contributed by atoms with Gasteiger partial charge in [0.15, 0.2) is 0 Å². The molecule has 1 aliphatic rings. The van der Waals surface area contributed by atoms with Crippen molar-refractivity contribution < 1.29 is 15.1 Å². The molecule has 110 valence electrons. The van der Waals surface area contributed by atoms with Crippen LogP contribution in [0.4, 0.5) is 5.69 Å². The number of nitrogens with zero attached hydrogens (tertiary/aromatic N) is 2. The summed E-state index contributed by atoms with van der Waals surface area (Å²) in [5.41, 5.74) is 0.573. The number of aliphatic hydroxyl groups excluding tert-OH is 2. The summed E-state index contributed by atoms with van der Waals surface area (Å²) in [7, 11) is 0. The third kappa shape index (κ3) is 3.75. The molecule has 1 fully saturated rings. The zero-order chi connectivity index (χ0) is 14.5. The minimum absolute atomic E-state index is 0.000499. The second kappa shape index (κ2) is 6.78. The van der Waals surface area contributed by atoms with Crippen LogP contribution in [0.2, 0.25) is 0 Å². The van der Waals surface area contributed by atoms with E-state index in [-0.39, 0.29) is 12.3 Å². The largest absolute Gasteiger partial charge is 0.396 e. The van der Waals surface area contributed by atoms with Crippen molar-refractivity contribution >= 4 is 5.69 Å². The van der Waals surface area contributed by atoms with E-state index in [0.29, 0.717) is 18.0 Å². The van der Waals surface area contributed by atoms with E-state index >= 15 is 0 Å². The Morgan fingerprint density at radius 2 is 2.10 bits per heavy atom. The van der Waals surface area contributed by atoms with Crippen molar-refractivity contribution in [3.05, 3.63) is 39.9 Å². The van der Waals surface area contributed by atoms with Crippen molar-refractivity contribution in [3.8, 4) is 0 Å². The number of nitro benzene ring substituents is 1. The number of piperidine rings is 1. The molecule has 1 aromatic carbocycles. The number of hydrogen-bond donors (Lipinski definition) is 2. The highest BCUT2D eigenvalue weighted by Gasteiger charge is 2.21. The van der Waals surface area contributed by atoms with Crippen LogP contribution in [0.25, 0.3) is 0 Å². The van der Waals surface area contributed by atoms with Crippen LogP contribution in [-0.4, -0.2) is 46.3 Å². The number of aliphatic hydroxyl groups is 2. The summed E-state index contributed by atoms with van der Waals surface area (Å²) in [5, 5.41) is 30.0. The van der Waals surface area contributed by atoms with Gasteiger partial charge in [-0.2, -0.15) is 0 Å². The predicted octanol–water partition coefficient (Wildman–Crippen LogP) is 1.33. The number of hydrogen-bond acceptors (Lipinski definition) is 5. The molecule has 0 saturated carbocycles. The monoisotopic (exact) mass is 280 g/mol. The first-order chi connectivity index (χ1) is 9.60. The highest BCUT2D eigenvalue weighted by Crippen LogP contribution is 2.22. The molecule has 0 radical (unpaired) electrons. The van der Waals surface area contributed by atoms with E-state index in [1.807, 2.05) is 0 Å². The summed E-state index contributed by atoms with van der Waals surface area (Å²) in [4.78, 5) is 12.4. The van der Waals surface area contributed by atoms with Gasteiger partial charge in [0.05, 0.1) is 11.0 Å². The maximum atomic E-state index is 10.7. The number of benzene rings is 1. The maximum absolute atomic E-state index is 10.7. The van der Waals surface area contributed by atoms with Gasteiger partial charge in [0.25, 0.3) is 5.69 Å². The quantitative estimate of drug-likeness (QED) is 0.627. The predicted molar refractivity (Wildman–Crippen MR) is 74.3 cm³/mol. The third-order valence-corrected chi connectivity index (χ3v) is 3.86. The van der Waals surface area contributed by atoms with Crippen molar-refractivity contribution in [3.63, 3.8) is 0 Å². The molecule has 1 heterocycles. The molecule has 1 aromatic rings. The van der Waals surface area contributed by atoms with Crippen LogP contribution in [0.5, 0.6) is 0 Å². The Balaban J connectivity index is 1.93. The molecule has 2 rings (SSSR count). The van der Waals surface area contributed by atoms with Gasteiger partial charge in [-0.25, -0.2) is 0 Å². The summed E-state index contributed by atoms with van der Waals surface area (Å²) in [6.07, 6.45) is 1.14.